The molecule has 0 radical (unpaired) electrons. The lowest BCUT2D eigenvalue weighted by Crippen LogP contribution is -1.95. The van der Waals surface area contributed by atoms with E-state index in [0.717, 1.165) is 17.8 Å². The Morgan fingerprint density at radius 2 is 2.14 bits per heavy atom. The van der Waals surface area contributed by atoms with Crippen molar-refractivity contribution in [2.24, 2.45) is 0 Å². The molecule has 0 aliphatic heterocycles. The highest BCUT2D eigenvalue weighted by Gasteiger charge is 2.19. The summed E-state index contributed by atoms with van der Waals surface area (Å²) in [7, 11) is 0. The van der Waals surface area contributed by atoms with E-state index in [-0.39, 0.29) is 0 Å². The number of fused-ring (bicyclic) bond motifs is 3. The van der Waals surface area contributed by atoms with E-state index in [1.54, 1.807) is 0 Å². The van der Waals surface area contributed by atoms with Gasteiger partial charge in [-0.1, -0.05) is 37.3 Å². The first-order valence-electron chi connectivity index (χ1n) is 5.04. The Hall–Kier alpha value is -1.50. The Bertz CT molecular complexity index is 505. The molecule has 1 atom stereocenters. The molecule has 1 heteroatoms. The lowest BCUT2D eigenvalue weighted by Gasteiger charge is -2.10. The molecule has 70 valence electrons. The van der Waals surface area contributed by atoms with E-state index in [4.69, 9.17) is 4.42 Å². The predicted octanol–water partition coefficient (Wildman–Crippen LogP) is 3.95. The second-order valence-electron chi connectivity index (χ2n) is 3.92. The van der Waals surface area contributed by atoms with E-state index in [9.17, 15) is 0 Å². The van der Waals surface area contributed by atoms with Gasteiger partial charge in [0.05, 0.1) is 0 Å². The van der Waals surface area contributed by atoms with Crippen LogP contribution in [0, 0.1) is 0 Å². The molecule has 1 nitrogen and oxygen atoms in total. The third kappa shape index (κ3) is 0.955. The zero-order valence-corrected chi connectivity index (χ0v) is 8.16. The van der Waals surface area contributed by atoms with Crippen molar-refractivity contribution in [3.63, 3.8) is 0 Å². The minimum absolute atomic E-state index is 0.516. The fourth-order valence-corrected chi connectivity index (χ4v) is 2.12. The average Bonchev–Trinajstić information content (AvgIpc) is 2.59. The van der Waals surface area contributed by atoms with Crippen LogP contribution in [0.4, 0.5) is 0 Å². The summed E-state index contributed by atoms with van der Waals surface area (Å²) in [6, 6.07) is 8.24. The van der Waals surface area contributed by atoms with Crippen molar-refractivity contribution in [2.75, 3.05) is 0 Å². The number of rotatable bonds is 0. The van der Waals surface area contributed by atoms with Crippen LogP contribution in [0.2, 0.25) is 0 Å². The van der Waals surface area contributed by atoms with Crippen LogP contribution in [0.3, 0.4) is 0 Å². The topological polar surface area (TPSA) is 13.1 Å². The van der Waals surface area contributed by atoms with Gasteiger partial charge < -0.3 is 4.42 Å². The van der Waals surface area contributed by atoms with Gasteiger partial charge in [0.15, 0.2) is 0 Å². The highest BCUT2D eigenvalue weighted by atomic mass is 16.3. The maximum absolute atomic E-state index is 5.85. The van der Waals surface area contributed by atoms with Crippen molar-refractivity contribution in [1.29, 1.82) is 0 Å². The number of allylic oxidation sites excluding steroid dienone is 1. The van der Waals surface area contributed by atoms with E-state index in [1.165, 1.54) is 10.9 Å². The highest BCUT2D eigenvalue weighted by Crippen LogP contribution is 2.36. The lowest BCUT2D eigenvalue weighted by molar-refractivity contribution is 0.504. The molecule has 0 fully saturated rings. The molecule has 0 saturated heterocycles. The second-order valence-corrected chi connectivity index (χ2v) is 3.92. The van der Waals surface area contributed by atoms with Crippen molar-refractivity contribution in [3.05, 3.63) is 41.7 Å². The van der Waals surface area contributed by atoms with Gasteiger partial charge in [-0.3, -0.25) is 0 Å². The largest absolute Gasteiger partial charge is 0.460 e. The van der Waals surface area contributed by atoms with Gasteiger partial charge in [0.1, 0.15) is 11.3 Å². The summed E-state index contributed by atoms with van der Waals surface area (Å²) < 4.78 is 5.85. The first-order valence-corrected chi connectivity index (χ1v) is 5.04. The van der Waals surface area contributed by atoms with Crippen molar-refractivity contribution in [3.8, 4) is 0 Å². The van der Waals surface area contributed by atoms with Crippen LogP contribution < -0.4 is 0 Å². The first kappa shape index (κ1) is 7.86. The van der Waals surface area contributed by atoms with Crippen LogP contribution in [0.1, 0.15) is 30.6 Å². The Kier molecular flexibility index (Phi) is 1.54. The van der Waals surface area contributed by atoms with Crippen LogP contribution in [0.25, 0.3) is 17.0 Å². The van der Waals surface area contributed by atoms with Crippen molar-refractivity contribution in [1.82, 2.24) is 0 Å². The lowest BCUT2D eigenvalue weighted by atomic mass is 9.94. The monoisotopic (exact) mass is 184 g/mol. The summed E-state index contributed by atoms with van der Waals surface area (Å²) in [5.41, 5.74) is 2.29. The highest BCUT2D eigenvalue weighted by molar-refractivity contribution is 5.89. The standard InChI is InChI=1S/C13H12O/c1-9-5-4-7-11-10-6-2-3-8-12(10)14-13(9)11/h2-4,6-9H,5H2,1H3. The molecule has 0 spiro atoms. The molecule has 1 aliphatic rings. The van der Waals surface area contributed by atoms with Gasteiger partial charge in [0, 0.05) is 16.9 Å². The maximum atomic E-state index is 5.85. The molecule has 0 N–H and O–H groups in total. The van der Waals surface area contributed by atoms with E-state index in [1.807, 2.05) is 12.1 Å². The molecule has 1 heterocycles. The second kappa shape index (κ2) is 2.74. The minimum Gasteiger partial charge on any atom is -0.460 e. The van der Waals surface area contributed by atoms with Crippen LogP contribution >= 0.6 is 0 Å². The summed E-state index contributed by atoms with van der Waals surface area (Å²) in [5.74, 6) is 1.66. The Balaban J connectivity index is 2.39. The number of hydrogen-bond acceptors (Lipinski definition) is 1. The average molecular weight is 184 g/mol. The summed E-state index contributed by atoms with van der Waals surface area (Å²) >= 11 is 0. The molecule has 2 aromatic rings. The van der Waals surface area contributed by atoms with Crippen LogP contribution in [-0.2, 0) is 0 Å². The zero-order valence-electron chi connectivity index (χ0n) is 8.16. The molecule has 1 aromatic heterocycles. The zero-order chi connectivity index (χ0) is 9.54. The smallest absolute Gasteiger partial charge is 0.134 e. The molecule has 14 heavy (non-hydrogen) atoms. The van der Waals surface area contributed by atoms with E-state index < -0.39 is 0 Å². The number of hydrogen-bond donors (Lipinski definition) is 0. The normalized spacial score (nSPS) is 19.9. The number of para-hydroxylation sites is 1. The molecule has 0 bridgehead atoms. The van der Waals surface area contributed by atoms with Crippen LogP contribution in [-0.4, -0.2) is 0 Å². The number of benzene rings is 1. The predicted molar refractivity (Wildman–Crippen MR) is 58.3 cm³/mol. The Morgan fingerprint density at radius 3 is 3.07 bits per heavy atom. The van der Waals surface area contributed by atoms with Gasteiger partial charge in [-0.15, -0.1) is 0 Å². The molecule has 1 aromatic carbocycles. The van der Waals surface area contributed by atoms with Crippen LogP contribution in [0.15, 0.2) is 34.8 Å². The third-order valence-corrected chi connectivity index (χ3v) is 2.88. The molecule has 0 saturated carbocycles. The minimum atomic E-state index is 0.516. The van der Waals surface area contributed by atoms with Gasteiger partial charge >= 0.3 is 0 Å². The fourth-order valence-electron chi connectivity index (χ4n) is 2.12. The summed E-state index contributed by atoms with van der Waals surface area (Å²) in [6.07, 6.45) is 5.50. The molecular weight excluding hydrogens is 172 g/mol. The summed E-state index contributed by atoms with van der Waals surface area (Å²) in [5, 5.41) is 1.24. The SMILES string of the molecule is CC1CC=Cc2c1oc1ccccc21. The summed E-state index contributed by atoms with van der Waals surface area (Å²) in [4.78, 5) is 0. The van der Waals surface area contributed by atoms with Gasteiger partial charge in [0.25, 0.3) is 0 Å². The van der Waals surface area contributed by atoms with Gasteiger partial charge in [-0.2, -0.15) is 0 Å². The van der Waals surface area contributed by atoms with Gasteiger partial charge in [-0.05, 0) is 12.5 Å². The molecule has 1 aliphatic carbocycles. The van der Waals surface area contributed by atoms with Crippen molar-refractivity contribution < 1.29 is 4.42 Å². The maximum Gasteiger partial charge on any atom is 0.134 e. The van der Waals surface area contributed by atoms with Crippen molar-refractivity contribution >= 4 is 17.0 Å². The molecule has 0 amide bonds. The van der Waals surface area contributed by atoms with Crippen LogP contribution in [0.5, 0.6) is 0 Å². The molecule has 1 unspecified atom stereocenters. The van der Waals surface area contributed by atoms with Gasteiger partial charge in [-0.25, -0.2) is 0 Å². The van der Waals surface area contributed by atoms with Crippen molar-refractivity contribution in [2.45, 2.75) is 19.3 Å². The van der Waals surface area contributed by atoms with Gasteiger partial charge in [0.2, 0.25) is 0 Å². The third-order valence-electron chi connectivity index (χ3n) is 2.88. The van der Waals surface area contributed by atoms with E-state index in [0.29, 0.717) is 5.92 Å². The number of furan rings is 1. The molecular formula is C13H12O. The fraction of sp³-hybridized carbons (Fsp3) is 0.231. The molecule has 3 rings (SSSR count). The Morgan fingerprint density at radius 1 is 1.29 bits per heavy atom. The van der Waals surface area contributed by atoms with E-state index >= 15 is 0 Å². The Labute approximate surface area is 83.0 Å². The first-order chi connectivity index (χ1) is 6.86. The quantitative estimate of drug-likeness (QED) is 0.604. The summed E-state index contributed by atoms with van der Waals surface area (Å²) in [6.45, 7) is 2.21. The van der Waals surface area contributed by atoms with E-state index in [2.05, 4.69) is 31.2 Å².